The van der Waals surface area contributed by atoms with Gasteiger partial charge in [-0.05, 0) is 116 Å². The van der Waals surface area contributed by atoms with Gasteiger partial charge in [-0.1, -0.05) is 152 Å². The fraction of sp³-hybridized carbons (Fsp3) is 0.153. The Morgan fingerprint density at radius 1 is 0.766 bits per heavy atom. The van der Waals surface area contributed by atoms with Crippen molar-refractivity contribution >= 4 is 40.7 Å². The molecule has 3 aliphatic carbocycles. The molecular weight excluding hydrogens is 779 g/mol. The number of aryl methyl sites for hydroxylation is 1. The van der Waals surface area contributed by atoms with E-state index in [2.05, 4.69) is 174 Å². The molecule has 5 aromatic rings. The summed E-state index contributed by atoms with van der Waals surface area (Å²) in [6, 6.07) is 36.3. The Morgan fingerprint density at radius 2 is 1.61 bits per heavy atom. The second-order valence-corrected chi connectivity index (χ2v) is 16.6. The molecule has 5 nitrogen and oxygen atoms in total. The number of fused-ring (bicyclic) bond motifs is 4. The fourth-order valence-electron chi connectivity index (χ4n) is 9.14. The summed E-state index contributed by atoms with van der Waals surface area (Å²) in [5, 5.41) is 1.23. The van der Waals surface area contributed by atoms with Gasteiger partial charge in [-0.3, -0.25) is 4.99 Å². The highest BCUT2D eigenvalue weighted by atomic mass is 15.2. The van der Waals surface area contributed by atoms with E-state index in [1.807, 2.05) is 36.4 Å². The minimum Gasteiger partial charge on any atom is -0.318 e. The van der Waals surface area contributed by atoms with Gasteiger partial charge in [-0.15, -0.1) is 5.73 Å². The van der Waals surface area contributed by atoms with E-state index in [0.717, 1.165) is 89.7 Å². The summed E-state index contributed by atoms with van der Waals surface area (Å²) in [4.78, 5) is 16.9. The van der Waals surface area contributed by atoms with Crippen LogP contribution in [-0.2, 0) is 13.0 Å². The van der Waals surface area contributed by atoms with Gasteiger partial charge in [0.15, 0.2) is 11.7 Å². The quantitative estimate of drug-likeness (QED) is 0.0476. The third-order valence-corrected chi connectivity index (χ3v) is 12.4. The van der Waals surface area contributed by atoms with E-state index in [-0.39, 0.29) is 5.92 Å². The summed E-state index contributed by atoms with van der Waals surface area (Å²) in [7, 11) is 0. The lowest BCUT2D eigenvalue weighted by molar-refractivity contribution is 0.793. The molecule has 1 atom stereocenters. The maximum Gasteiger partial charge on any atom is 0.161 e. The van der Waals surface area contributed by atoms with E-state index in [1.54, 1.807) is 0 Å². The maximum atomic E-state index is 5.08. The van der Waals surface area contributed by atoms with Crippen LogP contribution in [-0.4, -0.2) is 23.0 Å². The summed E-state index contributed by atoms with van der Waals surface area (Å²) in [6.45, 7) is 18.3. The Morgan fingerprint density at radius 3 is 2.47 bits per heavy atom. The first kappa shape index (κ1) is 41.7. The molecule has 0 spiro atoms. The third kappa shape index (κ3) is 8.85. The number of para-hydroxylation sites is 1. The molecular formula is C59H53N5. The van der Waals surface area contributed by atoms with E-state index in [1.165, 1.54) is 39.1 Å². The fourth-order valence-corrected chi connectivity index (χ4v) is 9.14. The van der Waals surface area contributed by atoms with Gasteiger partial charge in [-0.2, -0.15) is 0 Å². The van der Waals surface area contributed by atoms with Gasteiger partial charge < -0.3 is 9.47 Å². The molecule has 0 fully saturated rings. The van der Waals surface area contributed by atoms with Crippen molar-refractivity contribution in [2.45, 2.75) is 57.4 Å². The molecule has 0 bridgehead atoms. The average molecular weight is 832 g/mol. The predicted octanol–water partition coefficient (Wildman–Crippen LogP) is 14.5. The number of anilines is 1. The minimum atomic E-state index is 0.207. The molecule has 4 aromatic carbocycles. The molecule has 4 aliphatic rings. The van der Waals surface area contributed by atoms with Gasteiger partial charge in [0.2, 0.25) is 0 Å². The Bertz CT molecular complexity index is 3000. The van der Waals surface area contributed by atoms with E-state index in [4.69, 9.17) is 16.6 Å². The summed E-state index contributed by atoms with van der Waals surface area (Å²) >= 11 is 0. The van der Waals surface area contributed by atoms with Crippen LogP contribution >= 0.6 is 0 Å². The van der Waals surface area contributed by atoms with Crippen molar-refractivity contribution in [3.63, 3.8) is 0 Å². The lowest BCUT2D eigenvalue weighted by Gasteiger charge is -2.26. The molecule has 0 saturated heterocycles. The largest absolute Gasteiger partial charge is 0.318 e. The van der Waals surface area contributed by atoms with E-state index < -0.39 is 0 Å². The Labute approximate surface area is 378 Å². The molecule has 5 heteroatoms. The van der Waals surface area contributed by atoms with Crippen LogP contribution in [0.1, 0.15) is 66.8 Å². The molecule has 0 amide bonds. The van der Waals surface area contributed by atoms with Crippen molar-refractivity contribution in [2.75, 3.05) is 4.90 Å². The van der Waals surface area contributed by atoms with Crippen LogP contribution in [0.2, 0.25) is 0 Å². The second kappa shape index (κ2) is 19.2. The molecule has 2 heterocycles. The number of nitrogens with zero attached hydrogens (tertiary/aromatic N) is 5. The zero-order valence-electron chi connectivity index (χ0n) is 36.5. The van der Waals surface area contributed by atoms with Crippen LogP contribution in [0.3, 0.4) is 0 Å². The molecule has 314 valence electrons. The summed E-state index contributed by atoms with van der Waals surface area (Å²) < 4.78 is 2.34. The van der Waals surface area contributed by atoms with Crippen molar-refractivity contribution in [1.29, 1.82) is 0 Å². The molecule has 0 radical (unpaired) electrons. The highest BCUT2D eigenvalue weighted by Crippen LogP contribution is 2.52. The minimum absolute atomic E-state index is 0.207. The SMILES string of the molecule is C=NC(=NC(=NCc1ccccc1)C1=CCCC=C1)c1cccc(-c2cccc3c2C2CC=CC=C2N3C(=C)CCC(=C)C(=C)CCc2cc3ccccc3n2C2=CC=CC=C=C2)c1. The van der Waals surface area contributed by atoms with Gasteiger partial charge in [0, 0.05) is 51.3 Å². The summed E-state index contributed by atoms with van der Waals surface area (Å²) in [6.07, 6.45) is 29.6. The summed E-state index contributed by atoms with van der Waals surface area (Å²) in [5.41, 5.74) is 19.1. The van der Waals surface area contributed by atoms with Crippen LogP contribution in [0.4, 0.5) is 5.69 Å². The van der Waals surface area contributed by atoms with Gasteiger partial charge in [0.25, 0.3) is 0 Å². The third-order valence-electron chi connectivity index (χ3n) is 12.4. The van der Waals surface area contributed by atoms with E-state index in [9.17, 15) is 0 Å². The Balaban J connectivity index is 0.935. The van der Waals surface area contributed by atoms with Crippen molar-refractivity contribution in [3.8, 4) is 11.1 Å². The van der Waals surface area contributed by atoms with Crippen LogP contribution in [0.15, 0.2) is 239 Å². The zero-order chi connectivity index (χ0) is 43.8. The van der Waals surface area contributed by atoms with Crippen molar-refractivity contribution < 1.29 is 0 Å². The lowest BCUT2D eigenvalue weighted by Crippen LogP contribution is -2.19. The number of benzene rings is 4. The van der Waals surface area contributed by atoms with Gasteiger partial charge >= 0.3 is 0 Å². The molecule has 0 N–H and O–H groups in total. The van der Waals surface area contributed by atoms with Crippen LogP contribution < -0.4 is 4.90 Å². The standard InChI is InChI=1S/C59H53N5/c1-42(43(2)36-38-51-40-48-25-15-17-32-54(48)64(51)50-28-13-5-6-14-29-50)35-37-44(3)63-55-33-18-16-30-53(55)57-52(31-20-34-56(57)63)47-26-19-27-49(39-47)58(60-4)62-59(46-23-11-8-12-24-46)61-41-45-21-9-7-10-22-45/h5-7,9-11,13,15-29,31-34,39-40,53H,1-4,8,12,30,35-38,41H2. The zero-order valence-corrected chi connectivity index (χ0v) is 36.5. The molecule has 1 aliphatic heterocycles. The molecule has 1 unspecified atom stereocenters. The van der Waals surface area contributed by atoms with E-state index >= 15 is 0 Å². The van der Waals surface area contributed by atoms with Crippen LogP contribution in [0.5, 0.6) is 0 Å². The average Bonchev–Trinajstić information content (AvgIpc) is 3.76. The monoisotopic (exact) mass is 831 g/mol. The van der Waals surface area contributed by atoms with Crippen LogP contribution in [0.25, 0.3) is 27.7 Å². The molecule has 1 aromatic heterocycles. The van der Waals surface area contributed by atoms with Gasteiger partial charge in [0.1, 0.15) is 0 Å². The highest BCUT2D eigenvalue weighted by molar-refractivity contribution is 6.14. The summed E-state index contributed by atoms with van der Waals surface area (Å²) in [5.74, 6) is 1.42. The first-order valence-electron chi connectivity index (χ1n) is 22.3. The number of aromatic nitrogens is 1. The number of rotatable bonds is 14. The topological polar surface area (TPSA) is 45.2 Å². The maximum absolute atomic E-state index is 5.08. The molecule has 0 saturated carbocycles. The number of hydrogen-bond donors (Lipinski definition) is 0. The predicted molar refractivity (Wildman–Crippen MR) is 272 cm³/mol. The first-order valence-corrected chi connectivity index (χ1v) is 22.3. The van der Waals surface area contributed by atoms with E-state index in [0.29, 0.717) is 18.2 Å². The van der Waals surface area contributed by atoms with Gasteiger partial charge in [0.05, 0.1) is 17.8 Å². The Hall–Kier alpha value is -7.59. The number of aliphatic imine (C=N–C) groups is 3. The number of allylic oxidation sites excluding steroid dienone is 14. The first-order chi connectivity index (χ1) is 31.5. The van der Waals surface area contributed by atoms with Gasteiger partial charge in [-0.25, -0.2) is 9.98 Å². The Kier molecular flexibility index (Phi) is 12.5. The lowest BCUT2D eigenvalue weighted by atomic mass is 9.86. The second-order valence-electron chi connectivity index (χ2n) is 16.6. The smallest absolute Gasteiger partial charge is 0.161 e. The number of hydrogen-bond acceptors (Lipinski definition) is 2. The van der Waals surface area contributed by atoms with Crippen molar-refractivity contribution in [1.82, 2.24) is 4.57 Å². The normalized spacial score (nSPS) is 16.5. The highest BCUT2D eigenvalue weighted by Gasteiger charge is 2.37. The molecule has 64 heavy (non-hydrogen) atoms. The number of amidine groups is 2. The van der Waals surface area contributed by atoms with Crippen molar-refractivity contribution in [3.05, 3.63) is 246 Å². The molecule has 9 rings (SSSR count). The van der Waals surface area contributed by atoms with Crippen molar-refractivity contribution in [2.24, 2.45) is 15.0 Å². The van der Waals surface area contributed by atoms with Crippen LogP contribution in [0, 0.1) is 0 Å².